The van der Waals surface area contributed by atoms with Crippen molar-refractivity contribution >= 4 is 11.3 Å². The Morgan fingerprint density at radius 1 is 1.19 bits per heavy atom. The van der Waals surface area contributed by atoms with Gasteiger partial charge in [-0.25, -0.2) is 4.98 Å². The zero-order chi connectivity index (χ0) is 14.5. The largest absolute Gasteiger partial charge is 0.467 e. The fraction of sp³-hybridized carbons (Fsp3) is 0.235. The third kappa shape index (κ3) is 3.60. The van der Waals surface area contributed by atoms with E-state index in [9.17, 15) is 0 Å². The van der Waals surface area contributed by atoms with Gasteiger partial charge in [0.05, 0.1) is 23.0 Å². The molecule has 3 rings (SSSR count). The standard InChI is InChI=1S/C17H18N2OS/c1-13-19-15(12-21-13)9-10-18-17(16-8-5-11-20-16)14-6-3-2-4-7-14/h2-8,11-12,17-18H,9-10H2,1H3. The summed E-state index contributed by atoms with van der Waals surface area (Å²) in [6.45, 7) is 2.90. The summed E-state index contributed by atoms with van der Waals surface area (Å²) in [7, 11) is 0. The lowest BCUT2D eigenvalue weighted by atomic mass is 10.0. The van der Waals surface area contributed by atoms with Crippen molar-refractivity contribution in [2.75, 3.05) is 6.54 Å². The van der Waals surface area contributed by atoms with Gasteiger partial charge in [-0.2, -0.15) is 0 Å². The van der Waals surface area contributed by atoms with Crippen LogP contribution in [0.1, 0.15) is 28.1 Å². The highest BCUT2D eigenvalue weighted by molar-refractivity contribution is 7.09. The van der Waals surface area contributed by atoms with Gasteiger partial charge >= 0.3 is 0 Å². The lowest BCUT2D eigenvalue weighted by Gasteiger charge is -2.16. The average molecular weight is 298 g/mol. The van der Waals surface area contributed by atoms with Crippen molar-refractivity contribution in [1.82, 2.24) is 10.3 Å². The molecule has 4 heteroatoms. The van der Waals surface area contributed by atoms with Crippen LogP contribution in [0.2, 0.25) is 0 Å². The van der Waals surface area contributed by atoms with E-state index in [-0.39, 0.29) is 6.04 Å². The number of aryl methyl sites for hydroxylation is 1. The van der Waals surface area contributed by atoms with Crippen molar-refractivity contribution in [3.05, 3.63) is 76.1 Å². The van der Waals surface area contributed by atoms with Crippen LogP contribution in [-0.2, 0) is 6.42 Å². The average Bonchev–Trinajstić information content (AvgIpc) is 3.16. The van der Waals surface area contributed by atoms with E-state index < -0.39 is 0 Å². The number of hydrogen-bond acceptors (Lipinski definition) is 4. The molecule has 0 saturated carbocycles. The molecule has 0 aliphatic rings. The van der Waals surface area contributed by atoms with Crippen molar-refractivity contribution in [2.45, 2.75) is 19.4 Å². The Hall–Kier alpha value is -1.91. The van der Waals surface area contributed by atoms with E-state index in [0.717, 1.165) is 29.4 Å². The maximum Gasteiger partial charge on any atom is 0.125 e. The minimum absolute atomic E-state index is 0.0842. The second-order valence-electron chi connectivity index (χ2n) is 4.92. The van der Waals surface area contributed by atoms with Gasteiger partial charge in [0.25, 0.3) is 0 Å². The lowest BCUT2D eigenvalue weighted by molar-refractivity contribution is 0.447. The molecule has 0 radical (unpaired) electrons. The molecular formula is C17H18N2OS. The second-order valence-corrected chi connectivity index (χ2v) is 5.98. The fourth-order valence-corrected chi connectivity index (χ4v) is 3.00. The van der Waals surface area contributed by atoms with Gasteiger partial charge in [-0.3, -0.25) is 0 Å². The molecule has 0 saturated heterocycles. The molecule has 0 bridgehead atoms. The third-order valence-corrected chi connectivity index (χ3v) is 4.18. The van der Waals surface area contributed by atoms with Crippen molar-refractivity contribution in [1.29, 1.82) is 0 Å². The maximum absolute atomic E-state index is 5.58. The number of benzene rings is 1. The quantitative estimate of drug-likeness (QED) is 0.748. The number of nitrogens with zero attached hydrogens (tertiary/aromatic N) is 1. The first-order valence-electron chi connectivity index (χ1n) is 7.05. The van der Waals surface area contributed by atoms with E-state index in [1.807, 2.05) is 25.1 Å². The summed E-state index contributed by atoms with van der Waals surface area (Å²) in [5.41, 5.74) is 2.36. The molecule has 3 aromatic rings. The molecule has 1 unspecified atom stereocenters. The first-order chi connectivity index (χ1) is 10.3. The second kappa shape index (κ2) is 6.70. The summed E-state index contributed by atoms with van der Waals surface area (Å²) < 4.78 is 5.58. The highest BCUT2D eigenvalue weighted by Gasteiger charge is 2.15. The van der Waals surface area contributed by atoms with Crippen molar-refractivity contribution in [3.63, 3.8) is 0 Å². The Kier molecular flexibility index (Phi) is 4.48. The molecule has 108 valence electrons. The number of aromatic nitrogens is 1. The van der Waals surface area contributed by atoms with Crippen LogP contribution in [0.5, 0.6) is 0 Å². The zero-order valence-corrected chi connectivity index (χ0v) is 12.8. The number of furan rings is 1. The predicted molar refractivity (Wildman–Crippen MR) is 85.6 cm³/mol. The summed E-state index contributed by atoms with van der Waals surface area (Å²) >= 11 is 1.70. The van der Waals surface area contributed by atoms with Crippen LogP contribution in [0.25, 0.3) is 0 Å². The van der Waals surface area contributed by atoms with Gasteiger partial charge in [-0.05, 0) is 24.6 Å². The van der Waals surface area contributed by atoms with Crippen LogP contribution >= 0.6 is 11.3 Å². The van der Waals surface area contributed by atoms with E-state index in [1.54, 1.807) is 17.6 Å². The topological polar surface area (TPSA) is 38.1 Å². The SMILES string of the molecule is Cc1nc(CCNC(c2ccccc2)c2ccco2)cs1. The molecule has 2 aromatic heterocycles. The summed E-state index contributed by atoms with van der Waals surface area (Å²) in [6.07, 6.45) is 2.64. The molecule has 0 aliphatic heterocycles. The Morgan fingerprint density at radius 3 is 2.71 bits per heavy atom. The van der Waals surface area contributed by atoms with Gasteiger partial charge in [0.2, 0.25) is 0 Å². The normalized spacial score (nSPS) is 12.4. The molecule has 0 amide bonds. The van der Waals surface area contributed by atoms with Gasteiger partial charge in [0.15, 0.2) is 0 Å². The van der Waals surface area contributed by atoms with Gasteiger partial charge in [-0.1, -0.05) is 30.3 Å². The molecule has 3 nitrogen and oxygen atoms in total. The highest BCUT2D eigenvalue weighted by atomic mass is 32.1. The van der Waals surface area contributed by atoms with Crippen LogP contribution in [0.4, 0.5) is 0 Å². The molecule has 1 N–H and O–H groups in total. The van der Waals surface area contributed by atoms with E-state index in [0.29, 0.717) is 0 Å². The third-order valence-electron chi connectivity index (χ3n) is 3.36. The Balaban J connectivity index is 1.68. The monoisotopic (exact) mass is 298 g/mol. The molecule has 0 spiro atoms. The van der Waals surface area contributed by atoms with Crippen LogP contribution in [0.3, 0.4) is 0 Å². The molecule has 2 heterocycles. The van der Waals surface area contributed by atoms with Gasteiger partial charge in [0, 0.05) is 18.3 Å². The molecule has 0 aliphatic carbocycles. The molecule has 21 heavy (non-hydrogen) atoms. The van der Waals surface area contributed by atoms with Crippen LogP contribution < -0.4 is 5.32 Å². The predicted octanol–water partition coefficient (Wildman–Crippen LogP) is 3.97. The maximum atomic E-state index is 5.58. The van der Waals surface area contributed by atoms with Gasteiger partial charge < -0.3 is 9.73 Å². The smallest absolute Gasteiger partial charge is 0.125 e. The minimum Gasteiger partial charge on any atom is -0.467 e. The minimum atomic E-state index is 0.0842. The van der Waals surface area contributed by atoms with Gasteiger partial charge in [-0.15, -0.1) is 11.3 Å². The molecule has 1 atom stereocenters. The number of nitrogens with one attached hydrogen (secondary N) is 1. The van der Waals surface area contributed by atoms with Crippen molar-refractivity contribution in [3.8, 4) is 0 Å². The molecule has 1 aromatic carbocycles. The summed E-state index contributed by atoms with van der Waals surface area (Å²) in [5, 5.41) is 6.81. The van der Waals surface area contributed by atoms with Crippen LogP contribution in [0.15, 0.2) is 58.5 Å². The number of thiazole rings is 1. The van der Waals surface area contributed by atoms with Gasteiger partial charge in [0.1, 0.15) is 5.76 Å². The Bertz CT molecular complexity index is 661. The highest BCUT2D eigenvalue weighted by Crippen LogP contribution is 2.22. The van der Waals surface area contributed by atoms with Crippen LogP contribution in [-0.4, -0.2) is 11.5 Å². The molecular weight excluding hydrogens is 280 g/mol. The lowest BCUT2D eigenvalue weighted by Crippen LogP contribution is -2.24. The van der Waals surface area contributed by atoms with E-state index in [4.69, 9.17) is 4.42 Å². The van der Waals surface area contributed by atoms with E-state index >= 15 is 0 Å². The first-order valence-corrected chi connectivity index (χ1v) is 7.93. The van der Waals surface area contributed by atoms with E-state index in [2.05, 4.69) is 39.9 Å². The van der Waals surface area contributed by atoms with Crippen molar-refractivity contribution in [2.24, 2.45) is 0 Å². The summed E-state index contributed by atoms with van der Waals surface area (Å²) in [5.74, 6) is 0.940. The number of hydrogen-bond donors (Lipinski definition) is 1. The first kappa shape index (κ1) is 14.0. The Labute approximate surface area is 128 Å². The summed E-state index contributed by atoms with van der Waals surface area (Å²) in [4.78, 5) is 4.50. The fourth-order valence-electron chi connectivity index (χ4n) is 2.35. The van der Waals surface area contributed by atoms with E-state index in [1.165, 1.54) is 5.56 Å². The van der Waals surface area contributed by atoms with Crippen molar-refractivity contribution < 1.29 is 4.42 Å². The zero-order valence-electron chi connectivity index (χ0n) is 12.0. The summed E-state index contributed by atoms with van der Waals surface area (Å²) in [6, 6.07) is 14.4. The van der Waals surface area contributed by atoms with Crippen LogP contribution in [0, 0.1) is 6.92 Å². The molecule has 0 fully saturated rings. The number of rotatable bonds is 6. The Morgan fingerprint density at radius 2 is 2.05 bits per heavy atom.